The van der Waals surface area contributed by atoms with Crippen molar-refractivity contribution in [3.63, 3.8) is 0 Å². The first-order chi connectivity index (χ1) is 10.9. The van der Waals surface area contributed by atoms with Crippen molar-refractivity contribution in [3.05, 3.63) is 23.2 Å². The molecule has 1 aromatic rings. The molecule has 128 valence electrons. The molecule has 1 fully saturated rings. The van der Waals surface area contributed by atoms with Gasteiger partial charge in [0.15, 0.2) is 6.61 Å². The first-order valence-corrected chi connectivity index (χ1v) is 9.50. The van der Waals surface area contributed by atoms with E-state index >= 15 is 0 Å². The summed E-state index contributed by atoms with van der Waals surface area (Å²) < 4.78 is 32.0. The largest absolute Gasteiger partial charge is 0.482 e. The van der Waals surface area contributed by atoms with Gasteiger partial charge in [0.25, 0.3) is 5.91 Å². The second kappa shape index (κ2) is 7.99. The van der Waals surface area contributed by atoms with Gasteiger partial charge in [-0.1, -0.05) is 24.9 Å². The molecule has 0 aliphatic heterocycles. The number of ether oxygens (including phenoxy) is 1. The number of unbranched alkanes of at least 4 members (excludes halogenated alkanes) is 1. The minimum absolute atomic E-state index is 0.0772. The fraction of sp³-hybridized carbons (Fsp3) is 0.533. The molecule has 1 aromatic carbocycles. The van der Waals surface area contributed by atoms with Crippen LogP contribution in [-0.4, -0.2) is 33.5 Å². The Bertz CT molecular complexity index is 659. The molecule has 1 aliphatic rings. The van der Waals surface area contributed by atoms with E-state index in [9.17, 15) is 13.2 Å². The number of halogens is 1. The van der Waals surface area contributed by atoms with Crippen molar-refractivity contribution in [2.75, 3.05) is 13.2 Å². The average Bonchev–Trinajstić information content (AvgIpc) is 3.30. The highest BCUT2D eigenvalue weighted by Crippen LogP contribution is 2.27. The molecule has 1 saturated carbocycles. The van der Waals surface area contributed by atoms with Crippen LogP contribution in [0.1, 0.15) is 32.6 Å². The van der Waals surface area contributed by atoms with E-state index in [0.717, 1.165) is 25.7 Å². The molecular weight excluding hydrogens is 340 g/mol. The Hall–Kier alpha value is -1.31. The number of rotatable bonds is 9. The summed E-state index contributed by atoms with van der Waals surface area (Å²) >= 11 is 6.05. The predicted octanol–water partition coefficient (Wildman–Crippen LogP) is 2.08. The fourth-order valence-electron chi connectivity index (χ4n) is 1.87. The Morgan fingerprint density at radius 3 is 2.74 bits per heavy atom. The van der Waals surface area contributed by atoms with Crippen molar-refractivity contribution in [1.82, 2.24) is 10.0 Å². The van der Waals surface area contributed by atoms with E-state index in [0.29, 0.717) is 6.54 Å². The third-order valence-corrected chi connectivity index (χ3v) is 5.09. The number of carbonyl (C=O) groups is 1. The van der Waals surface area contributed by atoms with Gasteiger partial charge in [-0.15, -0.1) is 0 Å². The average molecular weight is 361 g/mol. The maximum atomic E-state index is 12.1. The molecule has 0 spiro atoms. The predicted molar refractivity (Wildman–Crippen MR) is 88.2 cm³/mol. The third-order valence-electron chi connectivity index (χ3n) is 3.34. The van der Waals surface area contributed by atoms with Crippen molar-refractivity contribution in [1.29, 1.82) is 0 Å². The SMILES string of the molecule is CCCCNS(=O)(=O)c1ccc(OCC(=O)NC2CC2)c(Cl)c1. The van der Waals surface area contributed by atoms with Crippen LogP contribution in [0.3, 0.4) is 0 Å². The van der Waals surface area contributed by atoms with E-state index in [-0.39, 0.29) is 34.2 Å². The Labute approximate surface area is 141 Å². The smallest absolute Gasteiger partial charge is 0.258 e. The van der Waals surface area contributed by atoms with Crippen LogP contribution in [0.5, 0.6) is 5.75 Å². The molecule has 2 rings (SSSR count). The zero-order valence-electron chi connectivity index (χ0n) is 13.0. The normalized spacial score (nSPS) is 14.5. The fourth-order valence-corrected chi connectivity index (χ4v) is 3.27. The van der Waals surface area contributed by atoms with Gasteiger partial charge < -0.3 is 10.1 Å². The van der Waals surface area contributed by atoms with Crippen LogP contribution in [0.4, 0.5) is 0 Å². The van der Waals surface area contributed by atoms with E-state index in [1.165, 1.54) is 18.2 Å². The highest BCUT2D eigenvalue weighted by Gasteiger charge is 2.23. The van der Waals surface area contributed by atoms with E-state index in [2.05, 4.69) is 10.0 Å². The number of amides is 1. The molecule has 23 heavy (non-hydrogen) atoms. The van der Waals surface area contributed by atoms with Gasteiger partial charge in [0, 0.05) is 12.6 Å². The van der Waals surface area contributed by atoms with Gasteiger partial charge in [-0.3, -0.25) is 4.79 Å². The number of hydrogen-bond acceptors (Lipinski definition) is 4. The molecule has 0 aromatic heterocycles. The van der Waals surface area contributed by atoms with Crippen LogP contribution in [0.15, 0.2) is 23.1 Å². The number of benzene rings is 1. The summed E-state index contributed by atoms with van der Waals surface area (Å²) in [4.78, 5) is 11.6. The van der Waals surface area contributed by atoms with Crippen LogP contribution >= 0.6 is 11.6 Å². The molecule has 6 nitrogen and oxygen atoms in total. The lowest BCUT2D eigenvalue weighted by atomic mass is 10.3. The molecule has 1 amide bonds. The van der Waals surface area contributed by atoms with E-state index in [1.807, 2.05) is 6.92 Å². The van der Waals surface area contributed by atoms with E-state index < -0.39 is 10.0 Å². The Balaban J connectivity index is 1.94. The number of nitrogens with one attached hydrogen (secondary N) is 2. The summed E-state index contributed by atoms with van der Waals surface area (Å²) in [5, 5.41) is 2.95. The summed E-state index contributed by atoms with van der Waals surface area (Å²) in [5.74, 6) is 0.0756. The molecule has 2 N–H and O–H groups in total. The summed E-state index contributed by atoms with van der Waals surface area (Å²) in [5.41, 5.74) is 0. The van der Waals surface area contributed by atoms with Gasteiger partial charge >= 0.3 is 0 Å². The molecular formula is C15H21ClN2O4S. The Morgan fingerprint density at radius 2 is 2.13 bits per heavy atom. The maximum absolute atomic E-state index is 12.1. The first-order valence-electron chi connectivity index (χ1n) is 7.63. The Kier molecular flexibility index (Phi) is 6.26. The number of carbonyl (C=O) groups excluding carboxylic acids is 1. The minimum Gasteiger partial charge on any atom is -0.482 e. The Morgan fingerprint density at radius 1 is 1.39 bits per heavy atom. The first kappa shape index (κ1) is 18.0. The van der Waals surface area contributed by atoms with Crippen molar-refractivity contribution < 1.29 is 17.9 Å². The van der Waals surface area contributed by atoms with Gasteiger partial charge in [-0.05, 0) is 37.5 Å². The second-order valence-corrected chi connectivity index (χ2v) is 7.65. The lowest BCUT2D eigenvalue weighted by molar-refractivity contribution is -0.123. The standard InChI is InChI=1S/C15H21ClN2O4S/c1-2-3-8-17-23(20,21)12-6-7-14(13(16)9-12)22-10-15(19)18-11-4-5-11/h6-7,9,11,17H,2-5,8,10H2,1H3,(H,18,19). The van der Waals surface area contributed by atoms with E-state index in [1.54, 1.807) is 0 Å². The molecule has 0 saturated heterocycles. The van der Waals surface area contributed by atoms with Gasteiger partial charge in [-0.2, -0.15) is 0 Å². The van der Waals surface area contributed by atoms with Crippen LogP contribution in [0, 0.1) is 0 Å². The monoisotopic (exact) mass is 360 g/mol. The molecule has 1 aliphatic carbocycles. The molecule has 0 bridgehead atoms. The summed E-state index contributed by atoms with van der Waals surface area (Å²) in [7, 11) is -3.58. The van der Waals surface area contributed by atoms with Gasteiger partial charge in [0.2, 0.25) is 10.0 Å². The molecule has 0 heterocycles. The van der Waals surface area contributed by atoms with Gasteiger partial charge in [-0.25, -0.2) is 13.1 Å². The lowest BCUT2D eigenvalue weighted by Gasteiger charge is -2.10. The minimum atomic E-state index is -3.58. The maximum Gasteiger partial charge on any atom is 0.258 e. The van der Waals surface area contributed by atoms with Gasteiger partial charge in [0.05, 0.1) is 9.92 Å². The van der Waals surface area contributed by atoms with Crippen LogP contribution in [0.25, 0.3) is 0 Å². The molecule has 8 heteroatoms. The summed E-state index contributed by atoms with van der Waals surface area (Å²) in [6.45, 7) is 2.23. The van der Waals surface area contributed by atoms with E-state index in [4.69, 9.17) is 16.3 Å². The van der Waals surface area contributed by atoms with Crippen molar-refractivity contribution in [3.8, 4) is 5.75 Å². The highest BCUT2D eigenvalue weighted by molar-refractivity contribution is 7.89. The number of sulfonamides is 1. The molecule has 0 radical (unpaired) electrons. The van der Waals surface area contributed by atoms with Crippen LogP contribution in [-0.2, 0) is 14.8 Å². The van der Waals surface area contributed by atoms with Crippen molar-refractivity contribution >= 4 is 27.5 Å². The second-order valence-electron chi connectivity index (χ2n) is 5.47. The highest BCUT2D eigenvalue weighted by atomic mass is 35.5. The van der Waals surface area contributed by atoms with Crippen LogP contribution in [0.2, 0.25) is 5.02 Å². The molecule has 0 atom stereocenters. The topological polar surface area (TPSA) is 84.5 Å². The molecule has 0 unspecified atom stereocenters. The zero-order chi connectivity index (χ0) is 16.9. The van der Waals surface area contributed by atoms with Crippen LogP contribution < -0.4 is 14.8 Å². The van der Waals surface area contributed by atoms with Crippen molar-refractivity contribution in [2.45, 2.75) is 43.5 Å². The summed E-state index contributed by atoms with van der Waals surface area (Å²) in [6.07, 6.45) is 3.68. The quantitative estimate of drug-likeness (QED) is 0.660. The third kappa shape index (κ3) is 5.67. The summed E-state index contributed by atoms with van der Waals surface area (Å²) in [6, 6.07) is 4.46. The zero-order valence-corrected chi connectivity index (χ0v) is 14.5. The van der Waals surface area contributed by atoms with Gasteiger partial charge in [0.1, 0.15) is 5.75 Å². The number of hydrogen-bond donors (Lipinski definition) is 2. The lowest BCUT2D eigenvalue weighted by Crippen LogP contribution is -2.30. The van der Waals surface area contributed by atoms with Crippen molar-refractivity contribution in [2.24, 2.45) is 0 Å².